The first-order valence-corrected chi connectivity index (χ1v) is 5.00. The summed E-state index contributed by atoms with van der Waals surface area (Å²) in [4.78, 5) is 3.97. The highest BCUT2D eigenvalue weighted by Gasteiger charge is 2.30. The fourth-order valence-electron chi connectivity index (χ4n) is 1.37. The molecule has 1 atom stereocenters. The van der Waals surface area contributed by atoms with Gasteiger partial charge in [0.1, 0.15) is 5.15 Å². The number of halogens is 2. The van der Waals surface area contributed by atoms with Crippen molar-refractivity contribution in [2.75, 3.05) is 0 Å². The largest absolute Gasteiger partial charge is 0.324 e. The molecule has 1 aromatic rings. The Hall–Kier alpha value is -0.310. The molecule has 1 aromatic heterocycles. The summed E-state index contributed by atoms with van der Waals surface area (Å²) in [5.74, 6) is 0.584. The normalized spacial score (nSPS) is 18.7. The highest BCUT2D eigenvalue weighted by molar-refractivity contribution is 6.34. The SMILES string of the molecule is NC(c1cnc(Cl)cc1Cl)C1CC1. The molecule has 0 amide bonds. The molecule has 0 spiro atoms. The fraction of sp³-hybridized carbons (Fsp3) is 0.444. The topological polar surface area (TPSA) is 38.9 Å². The number of hydrogen-bond acceptors (Lipinski definition) is 2. The molecule has 0 aromatic carbocycles. The zero-order valence-electron chi connectivity index (χ0n) is 7.00. The van der Waals surface area contributed by atoms with Gasteiger partial charge in [-0.15, -0.1) is 0 Å². The van der Waals surface area contributed by atoms with E-state index in [1.807, 2.05) is 0 Å². The highest BCUT2D eigenvalue weighted by Crippen LogP contribution is 2.41. The maximum Gasteiger partial charge on any atom is 0.130 e. The number of hydrogen-bond donors (Lipinski definition) is 1. The van der Waals surface area contributed by atoms with Gasteiger partial charge in [0.15, 0.2) is 0 Å². The predicted molar refractivity (Wildman–Crippen MR) is 53.9 cm³/mol. The van der Waals surface area contributed by atoms with Crippen molar-refractivity contribution in [2.24, 2.45) is 11.7 Å². The van der Waals surface area contributed by atoms with Crippen LogP contribution in [0.4, 0.5) is 0 Å². The van der Waals surface area contributed by atoms with Crippen molar-refractivity contribution in [3.63, 3.8) is 0 Å². The van der Waals surface area contributed by atoms with Gasteiger partial charge in [0, 0.05) is 22.8 Å². The van der Waals surface area contributed by atoms with Crippen molar-refractivity contribution in [3.05, 3.63) is 28.0 Å². The second kappa shape index (κ2) is 3.45. The summed E-state index contributed by atoms with van der Waals surface area (Å²) in [6.45, 7) is 0. The van der Waals surface area contributed by atoms with E-state index in [1.165, 1.54) is 12.8 Å². The van der Waals surface area contributed by atoms with Gasteiger partial charge in [-0.1, -0.05) is 23.2 Å². The van der Waals surface area contributed by atoms with Gasteiger partial charge in [-0.05, 0) is 24.8 Å². The number of nitrogens with two attached hydrogens (primary N) is 1. The summed E-state index contributed by atoms with van der Waals surface area (Å²) in [6, 6.07) is 1.66. The molecule has 13 heavy (non-hydrogen) atoms. The Kier molecular flexibility index (Phi) is 2.45. The van der Waals surface area contributed by atoms with Crippen LogP contribution in [0.2, 0.25) is 10.2 Å². The molecule has 70 valence electrons. The van der Waals surface area contributed by atoms with Crippen LogP contribution in [-0.4, -0.2) is 4.98 Å². The van der Waals surface area contributed by atoms with Gasteiger partial charge in [0.2, 0.25) is 0 Å². The molecule has 1 aliphatic carbocycles. The third kappa shape index (κ3) is 1.96. The maximum atomic E-state index is 5.99. The van der Waals surface area contributed by atoms with Crippen molar-refractivity contribution in [2.45, 2.75) is 18.9 Å². The number of nitrogens with zero attached hydrogens (tertiary/aromatic N) is 1. The van der Waals surface area contributed by atoms with Crippen LogP contribution in [-0.2, 0) is 0 Å². The third-order valence-electron chi connectivity index (χ3n) is 2.34. The van der Waals surface area contributed by atoms with Crippen LogP contribution in [0.3, 0.4) is 0 Å². The molecule has 0 radical (unpaired) electrons. The molecule has 0 aliphatic heterocycles. The lowest BCUT2D eigenvalue weighted by atomic mass is 10.1. The van der Waals surface area contributed by atoms with Crippen LogP contribution in [0.1, 0.15) is 24.4 Å². The lowest BCUT2D eigenvalue weighted by Crippen LogP contribution is -2.13. The van der Waals surface area contributed by atoms with Gasteiger partial charge in [0.05, 0.1) is 0 Å². The molecule has 1 aliphatic rings. The number of aromatic nitrogens is 1. The molecular formula is C9H10Cl2N2. The second-order valence-electron chi connectivity index (χ2n) is 3.39. The maximum absolute atomic E-state index is 5.99. The first-order valence-electron chi connectivity index (χ1n) is 4.25. The van der Waals surface area contributed by atoms with E-state index in [1.54, 1.807) is 12.3 Å². The Balaban J connectivity index is 2.28. The summed E-state index contributed by atoms with van der Waals surface area (Å²) >= 11 is 11.7. The van der Waals surface area contributed by atoms with Gasteiger partial charge in [-0.3, -0.25) is 0 Å². The van der Waals surface area contributed by atoms with Crippen molar-refractivity contribution >= 4 is 23.2 Å². The Morgan fingerprint density at radius 1 is 1.46 bits per heavy atom. The first kappa shape index (κ1) is 9.25. The monoisotopic (exact) mass is 216 g/mol. The number of rotatable bonds is 2. The van der Waals surface area contributed by atoms with Crippen LogP contribution >= 0.6 is 23.2 Å². The molecule has 1 unspecified atom stereocenters. The van der Waals surface area contributed by atoms with Gasteiger partial charge in [-0.25, -0.2) is 4.98 Å². The minimum Gasteiger partial charge on any atom is -0.324 e. The van der Waals surface area contributed by atoms with Gasteiger partial charge in [-0.2, -0.15) is 0 Å². The van der Waals surface area contributed by atoms with E-state index < -0.39 is 0 Å². The van der Waals surface area contributed by atoms with E-state index >= 15 is 0 Å². The molecule has 0 saturated heterocycles. The lowest BCUT2D eigenvalue weighted by molar-refractivity contribution is 0.631. The summed E-state index contributed by atoms with van der Waals surface area (Å²) in [5.41, 5.74) is 6.89. The Morgan fingerprint density at radius 3 is 2.69 bits per heavy atom. The zero-order valence-corrected chi connectivity index (χ0v) is 8.52. The Morgan fingerprint density at radius 2 is 2.15 bits per heavy atom. The summed E-state index contributed by atoms with van der Waals surface area (Å²) in [6.07, 6.45) is 4.06. The van der Waals surface area contributed by atoms with E-state index in [2.05, 4.69) is 4.98 Å². The van der Waals surface area contributed by atoms with E-state index in [4.69, 9.17) is 28.9 Å². The smallest absolute Gasteiger partial charge is 0.130 e. The standard InChI is InChI=1S/C9H10Cl2N2/c10-7-3-8(11)13-4-6(7)9(12)5-1-2-5/h3-5,9H,1-2,12H2. The molecule has 2 rings (SSSR count). The zero-order chi connectivity index (χ0) is 9.42. The van der Waals surface area contributed by atoms with Crippen molar-refractivity contribution < 1.29 is 0 Å². The minimum absolute atomic E-state index is 0.0252. The van der Waals surface area contributed by atoms with Gasteiger partial charge in [0.25, 0.3) is 0 Å². The Bertz CT molecular complexity index is 323. The molecule has 2 nitrogen and oxygen atoms in total. The van der Waals surface area contributed by atoms with E-state index in [0.29, 0.717) is 16.1 Å². The quantitative estimate of drug-likeness (QED) is 0.773. The molecule has 1 heterocycles. The highest BCUT2D eigenvalue weighted by atomic mass is 35.5. The van der Waals surface area contributed by atoms with Crippen LogP contribution in [0.25, 0.3) is 0 Å². The average Bonchev–Trinajstić information content (AvgIpc) is 2.85. The first-order chi connectivity index (χ1) is 6.18. The van der Waals surface area contributed by atoms with E-state index in [9.17, 15) is 0 Å². The van der Waals surface area contributed by atoms with Crippen LogP contribution < -0.4 is 5.73 Å². The van der Waals surface area contributed by atoms with Gasteiger partial charge >= 0.3 is 0 Å². The minimum atomic E-state index is 0.0252. The molecular weight excluding hydrogens is 207 g/mol. The lowest BCUT2D eigenvalue weighted by Gasteiger charge is -2.11. The van der Waals surface area contributed by atoms with E-state index in [-0.39, 0.29) is 6.04 Å². The molecule has 2 N–H and O–H groups in total. The average molecular weight is 217 g/mol. The van der Waals surface area contributed by atoms with Crippen molar-refractivity contribution in [1.29, 1.82) is 0 Å². The van der Waals surface area contributed by atoms with Crippen LogP contribution in [0, 0.1) is 5.92 Å². The second-order valence-corrected chi connectivity index (χ2v) is 4.19. The summed E-state index contributed by atoms with van der Waals surface area (Å²) < 4.78 is 0. The summed E-state index contributed by atoms with van der Waals surface area (Å²) in [5, 5.41) is 1.04. The van der Waals surface area contributed by atoms with Crippen molar-refractivity contribution in [1.82, 2.24) is 4.98 Å². The van der Waals surface area contributed by atoms with Crippen molar-refractivity contribution in [3.8, 4) is 0 Å². The molecule has 0 bridgehead atoms. The van der Waals surface area contributed by atoms with Crippen LogP contribution in [0.15, 0.2) is 12.3 Å². The molecule has 1 saturated carbocycles. The molecule has 4 heteroatoms. The third-order valence-corrected chi connectivity index (χ3v) is 2.87. The Labute approximate surface area is 87.1 Å². The van der Waals surface area contributed by atoms with E-state index in [0.717, 1.165) is 5.56 Å². The van der Waals surface area contributed by atoms with Crippen LogP contribution in [0.5, 0.6) is 0 Å². The summed E-state index contributed by atoms with van der Waals surface area (Å²) in [7, 11) is 0. The molecule has 1 fully saturated rings. The number of pyridine rings is 1. The predicted octanol–water partition coefficient (Wildman–Crippen LogP) is 2.80. The van der Waals surface area contributed by atoms with Gasteiger partial charge < -0.3 is 5.73 Å². The fourth-order valence-corrected chi connectivity index (χ4v) is 1.86.